The van der Waals surface area contributed by atoms with Crippen molar-refractivity contribution in [2.75, 3.05) is 10.2 Å². The summed E-state index contributed by atoms with van der Waals surface area (Å²) in [7, 11) is 0. The third kappa shape index (κ3) is 8.78. The van der Waals surface area contributed by atoms with Crippen molar-refractivity contribution in [3.05, 3.63) is 65.5 Å². The van der Waals surface area contributed by atoms with Gasteiger partial charge in [0.1, 0.15) is 22.8 Å². The van der Waals surface area contributed by atoms with Crippen LogP contribution in [0.4, 0.5) is 40.1 Å². The molecular weight excluding hydrogens is 543 g/mol. The molecule has 10 nitrogen and oxygen atoms in total. The summed E-state index contributed by atoms with van der Waals surface area (Å²) in [5.41, 5.74) is 0.0186. The molecule has 1 N–H and O–H groups in total. The second kappa shape index (κ2) is 12.4. The molecule has 3 rings (SSSR count). The molecule has 3 aromatic heterocycles. The lowest BCUT2D eigenvalue weighted by Gasteiger charge is -2.28. The molecule has 0 spiro atoms. The maximum atomic E-state index is 15.9. The second-order valence-electron chi connectivity index (χ2n) is 10.9. The van der Waals surface area contributed by atoms with E-state index in [0.29, 0.717) is 27.5 Å². The van der Waals surface area contributed by atoms with Gasteiger partial charge in [-0.25, -0.2) is 23.9 Å². The van der Waals surface area contributed by atoms with Gasteiger partial charge in [-0.1, -0.05) is 0 Å². The van der Waals surface area contributed by atoms with E-state index in [-0.39, 0.29) is 17.7 Å². The number of nitrogens with zero attached hydrogens (tertiary/aromatic N) is 4. The minimum atomic E-state index is -2.96. The highest BCUT2D eigenvalue weighted by atomic mass is 19.3. The highest BCUT2D eigenvalue weighted by Crippen LogP contribution is 2.28. The number of anilines is 3. The van der Waals surface area contributed by atoms with Crippen LogP contribution < -0.4 is 15.0 Å². The van der Waals surface area contributed by atoms with Crippen molar-refractivity contribution >= 4 is 29.5 Å². The largest absolute Gasteiger partial charge is 0.443 e. The van der Waals surface area contributed by atoms with Gasteiger partial charge in [-0.2, -0.15) is 13.7 Å². The highest BCUT2D eigenvalue weighted by molar-refractivity contribution is 6.08. The van der Waals surface area contributed by atoms with E-state index in [2.05, 4.69) is 25.0 Å². The molecule has 0 bridgehead atoms. The number of imide groups is 1. The van der Waals surface area contributed by atoms with Crippen LogP contribution in [0.25, 0.3) is 0 Å². The Bertz CT molecular complexity index is 1360. The van der Waals surface area contributed by atoms with Gasteiger partial charge in [-0.3, -0.25) is 4.98 Å². The molecule has 0 aromatic carbocycles. The van der Waals surface area contributed by atoms with E-state index in [9.17, 15) is 18.4 Å². The lowest BCUT2D eigenvalue weighted by atomic mass is 10.0. The molecule has 0 aliphatic carbocycles. The van der Waals surface area contributed by atoms with E-state index >= 15 is 4.39 Å². The Balaban J connectivity index is 1.91. The molecule has 0 unspecified atom stereocenters. The zero-order valence-corrected chi connectivity index (χ0v) is 23.8. The number of rotatable bonds is 7. The molecule has 2 amide bonds. The van der Waals surface area contributed by atoms with Crippen LogP contribution in [-0.4, -0.2) is 45.0 Å². The average Bonchev–Trinajstić information content (AvgIpc) is 2.82. The Kier molecular flexibility index (Phi) is 9.41. The quantitative estimate of drug-likeness (QED) is 0.320. The Morgan fingerprint density at radius 1 is 0.927 bits per heavy atom. The number of halogens is 3. The number of aromatic nitrogens is 3. The van der Waals surface area contributed by atoms with Gasteiger partial charge in [0, 0.05) is 18.8 Å². The van der Waals surface area contributed by atoms with Crippen molar-refractivity contribution in [2.24, 2.45) is 0 Å². The minimum Gasteiger partial charge on any atom is -0.443 e. The van der Waals surface area contributed by atoms with Gasteiger partial charge in [-0.05, 0) is 83.4 Å². The predicted molar refractivity (Wildman–Crippen MR) is 145 cm³/mol. The summed E-state index contributed by atoms with van der Waals surface area (Å²) < 4.78 is 55.6. The van der Waals surface area contributed by atoms with Crippen molar-refractivity contribution in [3.63, 3.8) is 0 Å². The van der Waals surface area contributed by atoms with E-state index in [0.717, 1.165) is 6.20 Å². The van der Waals surface area contributed by atoms with Crippen LogP contribution >= 0.6 is 0 Å². The number of amides is 2. The van der Waals surface area contributed by atoms with Crippen LogP contribution in [0.3, 0.4) is 0 Å². The summed E-state index contributed by atoms with van der Waals surface area (Å²) in [5.74, 6) is -1.24. The van der Waals surface area contributed by atoms with Crippen molar-refractivity contribution in [1.29, 1.82) is 0 Å². The van der Waals surface area contributed by atoms with Crippen molar-refractivity contribution in [3.8, 4) is 5.75 Å². The highest BCUT2D eigenvalue weighted by Gasteiger charge is 2.36. The van der Waals surface area contributed by atoms with Gasteiger partial charge >= 0.3 is 18.8 Å². The summed E-state index contributed by atoms with van der Waals surface area (Å²) in [6, 6.07) is 4.22. The molecule has 41 heavy (non-hydrogen) atoms. The van der Waals surface area contributed by atoms with E-state index in [1.165, 1.54) is 30.6 Å². The molecule has 0 atom stereocenters. The Morgan fingerprint density at radius 3 is 2.10 bits per heavy atom. The SMILES string of the molecule is Cc1c(Cc2ccnc(N(C(=O)OC(C)(C)C)C(=O)OC(C)(C)C)c2F)cncc1Nc1ccc(OC(F)F)cn1. The van der Waals surface area contributed by atoms with E-state index in [1.54, 1.807) is 54.7 Å². The third-order valence-electron chi connectivity index (χ3n) is 5.24. The average molecular weight is 576 g/mol. The van der Waals surface area contributed by atoms with Crippen molar-refractivity contribution in [2.45, 2.75) is 72.7 Å². The Morgan fingerprint density at radius 2 is 1.56 bits per heavy atom. The van der Waals surface area contributed by atoms with Crippen LogP contribution in [0.2, 0.25) is 0 Å². The first-order valence-electron chi connectivity index (χ1n) is 12.5. The minimum absolute atomic E-state index is 0.0286. The maximum absolute atomic E-state index is 15.9. The summed E-state index contributed by atoms with van der Waals surface area (Å²) in [4.78, 5) is 38.6. The fourth-order valence-corrected chi connectivity index (χ4v) is 3.47. The number of hydrogen-bond acceptors (Lipinski definition) is 9. The topological polar surface area (TPSA) is 116 Å². The van der Waals surface area contributed by atoms with Gasteiger partial charge in [-0.15, -0.1) is 0 Å². The summed E-state index contributed by atoms with van der Waals surface area (Å²) in [6.07, 6.45) is 3.25. The fourth-order valence-electron chi connectivity index (χ4n) is 3.47. The molecular formula is C28H32F3N5O5. The summed E-state index contributed by atoms with van der Waals surface area (Å²) in [6.45, 7) is 8.46. The first-order valence-corrected chi connectivity index (χ1v) is 12.5. The summed E-state index contributed by atoms with van der Waals surface area (Å²) in [5, 5.41) is 3.04. The third-order valence-corrected chi connectivity index (χ3v) is 5.24. The standard InChI is InChI=1S/C28H32F3N5O5/c1-16-18(13-32-15-20(16)35-21-9-8-19(14-34-21)39-24(30)31)12-17-10-11-33-23(22(17)29)36(25(37)40-27(2,3)4)26(38)41-28(5,6)7/h8-11,13-15,24H,12H2,1-7H3,(H,34,35). The lowest BCUT2D eigenvalue weighted by Crippen LogP contribution is -2.44. The maximum Gasteiger partial charge on any atom is 0.425 e. The number of ether oxygens (including phenoxy) is 3. The first kappa shape index (κ1) is 31.1. The van der Waals surface area contributed by atoms with E-state index in [4.69, 9.17) is 9.47 Å². The van der Waals surface area contributed by atoms with Crippen LogP contribution in [0.1, 0.15) is 58.2 Å². The van der Waals surface area contributed by atoms with Gasteiger partial charge in [0.2, 0.25) is 0 Å². The lowest BCUT2D eigenvalue weighted by molar-refractivity contribution is -0.0500. The Hall–Kier alpha value is -4.42. The molecule has 0 aliphatic rings. The first-order chi connectivity index (χ1) is 19.0. The fraction of sp³-hybridized carbons (Fsp3) is 0.393. The van der Waals surface area contributed by atoms with Gasteiger partial charge < -0.3 is 19.5 Å². The molecule has 0 radical (unpaired) electrons. The number of carbonyl (C=O) groups excluding carboxylic acids is 2. The number of alkyl halides is 2. The molecule has 13 heteroatoms. The normalized spacial score (nSPS) is 11.7. The zero-order valence-electron chi connectivity index (χ0n) is 23.8. The number of pyridine rings is 3. The zero-order chi connectivity index (χ0) is 30.5. The Labute approximate surface area is 235 Å². The molecule has 3 heterocycles. The molecule has 220 valence electrons. The molecule has 0 saturated carbocycles. The van der Waals surface area contributed by atoms with Gasteiger partial charge in [0.25, 0.3) is 0 Å². The molecule has 3 aromatic rings. The van der Waals surface area contributed by atoms with Gasteiger partial charge in [0.05, 0.1) is 18.1 Å². The summed E-state index contributed by atoms with van der Waals surface area (Å²) >= 11 is 0. The predicted octanol–water partition coefficient (Wildman–Crippen LogP) is 6.93. The van der Waals surface area contributed by atoms with Crippen molar-refractivity contribution < 1.29 is 37.0 Å². The van der Waals surface area contributed by atoms with Crippen LogP contribution in [0, 0.1) is 12.7 Å². The number of nitrogens with one attached hydrogen (secondary N) is 1. The molecule has 0 aliphatic heterocycles. The van der Waals surface area contributed by atoms with Crippen LogP contribution in [0.15, 0.2) is 43.0 Å². The number of carbonyl (C=O) groups is 2. The van der Waals surface area contributed by atoms with Crippen molar-refractivity contribution in [1.82, 2.24) is 15.0 Å². The van der Waals surface area contributed by atoms with Gasteiger partial charge in [0.15, 0.2) is 11.6 Å². The number of hydrogen-bond donors (Lipinski definition) is 1. The van der Waals surface area contributed by atoms with Crippen LogP contribution in [-0.2, 0) is 15.9 Å². The second-order valence-corrected chi connectivity index (χ2v) is 10.9. The molecule has 0 saturated heterocycles. The smallest absolute Gasteiger partial charge is 0.425 e. The van der Waals surface area contributed by atoms with E-state index < -0.39 is 41.6 Å². The van der Waals surface area contributed by atoms with E-state index in [1.807, 2.05) is 0 Å². The monoisotopic (exact) mass is 575 g/mol. The molecule has 0 fully saturated rings. The van der Waals surface area contributed by atoms with Crippen LogP contribution in [0.5, 0.6) is 5.75 Å².